The van der Waals surface area contributed by atoms with Gasteiger partial charge in [0.1, 0.15) is 0 Å². The average molecular weight is 365 g/mol. The lowest BCUT2D eigenvalue weighted by Crippen LogP contribution is -2.20. The van der Waals surface area contributed by atoms with Gasteiger partial charge in [0.25, 0.3) is 0 Å². The first-order chi connectivity index (χ1) is 13.3. The van der Waals surface area contributed by atoms with E-state index in [-0.39, 0.29) is 6.10 Å². The van der Waals surface area contributed by atoms with Crippen molar-refractivity contribution in [3.63, 3.8) is 0 Å². The van der Waals surface area contributed by atoms with Gasteiger partial charge in [-0.05, 0) is 53.9 Å². The van der Waals surface area contributed by atoms with Gasteiger partial charge in [-0.1, -0.05) is 94.5 Å². The van der Waals surface area contributed by atoms with Gasteiger partial charge in [-0.25, -0.2) is 0 Å². The number of ether oxygens (including phenoxy) is 1. The van der Waals surface area contributed by atoms with Crippen molar-refractivity contribution in [3.8, 4) is 11.1 Å². The topological polar surface area (TPSA) is 9.23 Å². The molecule has 0 bridgehead atoms. The summed E-state index contributed by atoms with van der Waals surface area (Å²) in [5.74, 6) is 0.777. The van der Waals surface area contributed by atoms with Gasteiger partial charge >= 0.3 is 0 Å². The molecule has 0 spiro atoms. The highest BCUT2D eigenvalue weighted by Gasteiger charge is 2.22. The second-order valence-electron chi connectivity index (χ2n) is 8.14. The molecule has 1 fully saturated rings. The van der Waals surface area contributed by atoms with Crippen molar-refractivity contribution in [2.24, 2.45) is 5.92 Å². The van der Waals surface area contributed by atoms with Crippen LogP contribution in [0.5, 0.6) is 0 Å². The lowest BCUT2D eigenvalue weighted by molar-refractivity contribution is -0.0198. The van der Waals surface area contributed by atoms with E-state index in [4.69, 9.17) is 4.74 Å². The highest BCUT2D eigenvalue weighted by atomic mass is 16.5. The molecule has 1 aliphatic rings. The molecule has 1 aliphatic heterocycles. The number of hydrogen-bond acceptors (Lipinski definition) is 1. The zero-order chi connectivity index (χ0) is 18.9. The summed E-state index contributed by atoms with van der Waals surface area (Å²) in [5.41, 5.74) is 5.32. The lowest BCUT2D eigenvalue weighted by atomic mass is 9.90. The van der Waals surface area contributed by atoms with Crippen LogP contribution in [-0.2, 0) is 11.2 Å². The normalized spacial score (nSPS) is 19.9. The fraction of sp³-hybridized carbons (Fsp3) is 0.538. The summed E-state index contributed by atoms with van der Waals surface area (Å²) in [6.07, 6.45) is 12.1. The first-order valence-corrected chi connectivity index (χ1v) is 11.1. The van der Waals surface area contributed by atoms with Crippen LogP contribution >= 0.6 is 0 Å². The first-order valence-electron chi connectivity index (χ1n) is 11.1. The van der Waals surface area contributed by atoms with Crippen LogP contribution in [0.3, 0.4) is 0 Å². The summed E-state index contributed by atoms with van der Waals surface area (Å²) in [6.45, 7) is 5.42. The molecule has 1 heterocycles. The Morgan fingerprint density at radius 1 is 0.778 bits per heavy atom. The molecule has 2 atom stereocenters. The fourth-order valence-electron chi connectivity index (χ4n) is 4.16. The number of hydrogen-bond donors (Lipinski definition) is 0. The molecule has 0 aliphatic carbocycles. The Bertz CT molecular complexity index is 648. The Labute approximate surface area is 166 Å². The van der Waals surface area contributed by atoms with Gasteiger partial charge < -0.3 is 4.74 Å². The second kappa shape index (κ2) is 10.7. The van der Waals surface area contributed by atoms with Crippen LogP contribution < -0.4 is 0 Å². The molecule has 1 heteroatoms. The number of benzene rings is 2. The lowest BCUT2D eigenvalue weighted by Gasteiger charge is -2.29. The van der Waals surface area contributed by atoms with E-state index in [1.54, 1.807) is 0 Å². The van der Waals surface area contributed by atoms with Crippen molar-refractivity contribution in [3.05, 3.63) is 59.7 Å². The standard InChI is InChI=1S/C26H36O/c1-3-5-6-7-8-9-22-12-19-26(27-20-22)25-17-15-24(16-18-25)23-13-10-21(4-2)11-14-23/h10-11,13-18,22,26H,3-9,12,19-20H2,1-2H3. The van der Waals surface area contributed by atoms with E-state index >= 15 is 0 Å². The molecule has 27 heavy (non-hydrogen) atoms. The van der Waals surface area contributed by atoms with Gasteiger partial charge in [0.05, 0.1) is 12.7 Å². The molecule has 2 unspecified atom stereocenters. The third-order valence-corrected chi connectivity index (χ3v) is 6.06. The Morgan fingerprint density at radius 3 is 2.04 bits per heavy atom. The minimum absolute atomic E-state index is 0.290. The minimum Gasteiger partial charge on any atom is -0.373 e. The number of rotatable bonds is 9. The van der Waals surface area contributed by atoms with E-state index in [2.05, 4.69) is 62.4 Å². The molecular weight excluding hydrogens is 328 g/mol. The second-order valence-corrected chi connectivity index (χ2v) is 8.14. The fourth-order valence-corrected chi connectivity index (χ4v) is 4.16. The predicted molar refractivity (Wildman–Crippen MR) is 116 cm³/mol. The zero-order valence-electron chi connectivity index (χ0n) is 17.3. The Kier molecular flexibility index (Phi) is 7.95. The zero-order valence-corrected chi connectivity index (χ0v) is 17.3. The maximum absolute atomic E-state index is 6.23. The van der Waals surface area contributed by atoms with Crippen LogP contribution in [0.25, 0.3) is 11.1 Å². The quantitative estimate of drug-likeness (QED) is 0.413. The van der Waals surface area contributed by atoms with Crippen LogP contribution in [0.4, 0.5) is 0 Å². The van der Waals surface area contributed by atoms with E-state index in [1.165, 1.54) is 73.6 Å². The smallest absolute Gasteiger partial charge is 0.0825 e. The van der Waals surface area contributed by atoms with Crippen LogP contribution in [0.15, 0.2) is 48.5 Å². The highest BCUT2D eigenvalue weighted by molar-refractivity contribution is 5.64. The number of aryl methyl sites for hydroxylation is 1. The average Bonchev–Trinajstić information content (AvgIpc) is 2.74. The summed E-state index contributed by atoms with van der Waals surface area (Å²) >= 11 is 0. The van der Waals surface area contributed by atoms with Gasteiger partial charge in [-0.15, -0.1) is 0 Å². The summed E-state index contributed by atoms with van der Waals surface area (Å²) in [5, 5.41) is 0. The predicted octanol–water partition coefficient (Wildman–Crippen LogP) is 7.74. The summed E-state index contributed by atoms with van der Waals surface area (Å²) in [7, 11) is 0. The van der Waals surface area contributed by atoms with Crippen LogP contribution in [0.1, 0.15) is 82.4 Å². The van der Waals surface area contributed by atoms with Crippen molar-refractivity contribution in [2.45, 2.75) is 77.7 Å². The third-order valence-electron chi connectivity index (χ3n) is 6.06. The Morgan fingerprint density at radius 2 is 1.44 bits per heavy atom. The molecule has 0 radical (unpaired) electrons. The summed E-state index contributed by atoms with van der Waals surface area (Å²) in [4.78, 5) is 0. The maximum atomic E-state index is 6.23. The van der Waals surface area contributed by atoms with E-state index in [1.807, 2.05) is 0 Å². The molecule has 0 amide bonds. The first kappa shape index (κ1) is 20.1. The van der Waals surface area contributed by atoms with Crippen molar-refractivity contribution < 1.29 is 4.74 Å². The maximum Gasteiger partial charge on any atom is 0.0825 e. The van der Waals surface area contributed by atoms with E-state index < -0.39 is 0 Å². The van der Waals surface area contributed by atoms with Crippen molar-refractivity contribution in [2.75, 3.05) is 6.61 Å². The molecule has 0 saturated carbocycles. The van der Waals surface area contributed by atoms with Gasteiger partial charge in [0.15, 0.2) is 0 Å². The molecule has 146 valence electrons. The third kappa shape index (κ3) is 5.94. The van der Waals surface area contributed by atoms with Crippen molar-refractivity contribution in [1.82, 2.24) is 0 Å². The van der Waals surface area contributed by atoms with E-state index in [0.29, 0.717) is 0 Å². The SMILES string of the molecule is CCCCCCCC1CCC(c2ccc(-c3ccc(CC)cc3)cc2)OC1. The Hall–Kier alpha value is -1.60. The molecule has 2 aromatic rings. The van der Waals surface area contributed by atoms with Gasteiger partial charge in [0, 0.05) is 0 Å². The molecule has 2 aromatic carbocycles. The Balaban J connectivity index is 1.47. The monoisotopic (exact) mass is 364 g/mol. The molecule has 3 rings (SSSR count). The van der Waals surface area contributed by atoms with Gasteiger partial charge in [-0.2, -0.15) is 0 Å². The molecule has 1 saturated heterocycles. The van der Waals surface area contributed by atoms with E-state index in [9.17, 15) is 0 Å². The minimum atomic E-state index is 0.290. The number of unbranched alkanes of at least 4 members (excludes halogenated alkanes) is 4. The highest BCUT2D eigenvalue weighted by Crippen LogP contribution is 2.33. The van der Waals surface area contributed by atoms with Gasteiger partial charge in [0.2, 0.25) is 0 Å². The molecule has 0 aromatic heterocycles. The van der Waals surface area contributed by atoms with Gasteiger partial charge in [-0.3, -0.25) is 0 Å². The van der Waals surface area contributed by atoms with E-state index in [0.717, 1.165) is 18.9 Å². The summed E-state index contributed by atoms with van der Waals surface area (Å²) < 4.78 is 6.23. The van der Waals surface area contributed by atoms with Crippen molar-refractivity contribution in [1.29, 1.82) is 0 Å². The van der Waals surface area contributed by atoms with Crippen LogP contribution in [-0.4, -0.2) is 6.61 Å². The molecule has 1 nitrogen and oxygen atoms in total. The largest absolute Gasteiger partial charge is 0.373 e. The summed E-state index contributed by atoms with van der Waals surface area (Å²) in [6, 6.07) is 18.0. The molecular formula is C26H36O. The van der Waals surface area contributed by atoms with Crippen molar-refractivity contribution >= 4 is 0 Å². The van der Waals surface area contributed by atoms with Crippen LogP contribution in [0.2, 0.25) is 0 Å². The van der Waals surface area contributed by atoms with Crippen LogP contribution in [0, 0.1) is 5.92 Å². The molecule has 0 N–H and O–H groups in total.